The molecular weight excluding hydrogens is 188 g/mol. The van der Waals surface area contributed by atoms with Gasteiger partial charge in [-0.2, -0.15) is 5.26 Å². The molecule has 64 valence electrons. The van der Waals surface area contributed by atoms with Crippen molar-refractivity contribution < 1.29 is 0 Å². The Morgan fingerprint density at radius 3 is 3.00 bits per heavy atom. The molecule has 1 aromatic carbocycles. The lowest BCUT2D eigenvalue weighted by Gasteiger charge is -1.95. The highest BCUT2D eigenvalue weighted by Crippen LogP contribution is 2.20. The van der Waals surface area contributed by atoms with Crippen LogP contribution in [0.1, 0.15) is 5.56 Å². The first kappa shape index (κ1) is 7.90. The quantitative estimate of drug-likeness (QED) is 0.624. The van der Waals surface area contributed by atoms with Gasteiger partial charge in [0.25, 0.3) is 0 Å². The van der Waals surface area contributed by atoms with Gasteiger partial charge in [-0.3, -0.25) is 0 Å². The van der Waals surface area contributed by atoms with E-state index < -0.39 is 0 Å². The lowest BCUT2D eigenvalue weighted by Crippen LogP contribution is -1.89. The van der Waals surface area contributed by atoms with Gasteiger partial charge in [-0.15, -0.1) is 0 Å². The summed E-state index contributed by atoms with van der Waals surface area (Å²) >= 11 is 5.64. The molecule has 0 radical (unpaired) electrons. The van der Waals surface area contributed by atoms with Gasteiger partial charge in [-0.05, 0) is 23.7 Å². The zero-order chi connectivity index (χ0) is 9.42. The second-order valence-electron chi connectivity index (χ2n) is 2.60. The normalized spacial score (nSPS) is 10.2. The Hall–Kier alpha value is -1.73. The molecule has 0 aliphatic rings. The summed E-state index contributed by atoms with van der Waals surface area (Å²) < 4.78 is 0. The number of aromatic amines is 1. The van der Waals surface area contributed by atoms with Crippen LogP contribution in [0, 0.1) is 11.3 Å². The molecule has 0 fully saturated rings. The van der Waals surface area contributed by atoms with Gasteiger partial charge in [0.1, 0.15) is 6.07 Å². The van der Waals surface area contributed by atoms with E-state index in [9.17, 15) is 0 Å². The van der Waals surface area contributed by atoms with Crippen LogP contribution in [0.4, 0.5) is 5.69 Å². The molecule has 0 aliphatic heterocycles. The summed E-state index contributed by atoms with van der Waals surface area (Å²) in [5.41, 5.74) is 7.81. The summed E-state index contributed by atoms with van der Waals surface area (Å²) in [5, 5.41) is 8.98. The van der Waals surface area contributed by atoms with Crippen molar-refractivity contribution in [3.05, 3.63) is 23.0 Å². The predicted molar refractivity (Wildman–Crippen MR) is 50.2 cm³/mol. The number of nitrogen functional groups attached to an aromatic ring is 1. The van der Waals surface area contributed by atoms with E-state index in [0.717, 1.165) is 5.52 Å². The van der Waals surface area contributed by atoms with Crippen molar-refractivity contribution >= 4 is 28.3 Å². The number of hydrogen-bond acceptors (Lipinski definition) is 3. The molecule has 0 unspecified atom stereocenters. The van der Waals surface area contributed by atoms with Crippen LogP contribution in [0.25, 0.3) is 11.0 Å². The van der Waals surface area contributed by atoms with E-state index >= 15 is 0 Å². The number of benzene rings is 1. The minimum absolute atomic E-state index is 0.296. The molecule has 1 heterocycles. The van der Waals surface area contributed by atoms with E-state index in [-0.39, 0.29) is 0 Å². The van der Waals surface area contributed by atoms with Gasteiger partial charge >= 0.3 is 0 Å². The van der Waals surface area contributed by atoms with Crippen molar-refractivity contribution in [1.29, 1.82) is 5.26 Å². The topological polar surface area (TPSA) is 78.5 Å². The fraction of sp³-hybridized carbons (Fsp3) is 0. The lowest BCUT2D eigenvalue weighted by molar-refractivity contribution is 1.34. The molecular formula is C8H5ClN4. The van der Waals surface area contributed by atoms with Crippen LogP contribution in [0.15, 0.2) is 12.1 Å². The minimum atomic E-state index is 0.296. The number of H-pyrrole nitrogens is 1. The summed E-state index contributed by atoms with van der Waals surface area (Å²) in [4.78, 5) is 6.78. The van der Waals surface area contributed by atoms with Crippen molar-refractivity contribution in [3.8, 4) is 6.07 Å². The van der Waals surface area contributed by atoms with Crippen LogP contribution in [-0.4, -0.2) is 9.97 Å². The number of nitriles is 1. The number of nitrogens with one attached hydrogen (secondary N) is 1. The molecule has 13 heavy (non-hydrogen) atoms. The highest BCUT2D eigenvalue weighted by Gasteiger charge is 2.04. The second kappa shape index (κ2) is 2.64. The number of imidazole rings is 1. The Balaban J connectivity index is 2.82. The van der Waals surface area contributed by atoms with E-state index in [1.165, 1.54) is 0 Å². The highest BCUT2D eigenvalue weighted by molar-refractivity contribution is 6.29. The molecule has 0 spiro atoms. The van der Waals surface area contributed by atoms with Crippen LogP contribution in [0.3, 0.4) is 0 Å². The summed E-state index contributed by atoms with van der Waals surface area (Å²) in [6, 6.07) is 5.23. The standard InChI is InChI=1S/C8H5ClN4/c9-8-12-6-1-4(3-10)5(11)2-7(6)13-8/h1-2H,11H2,(H,12,13). The van der Waals surface area contributed by atoms with E-state index in [4.69, 9.17) is 22.6 Å². The molecule has 0 amide bonds. The van der Waals surface area contributed by atoms with Crippen LogP contribution in [-0.2, 0) is 0 Å². The Morgan fingerprint density at radius 2 is 2.31 bits per heavy atom. The second-order valence-corrected chi connectivity index (χ2v) is 2.95. The van der Waals surface area contributed by atoms with Gasteiger partial charge in [0, 0.05) is 0 Å². The first-order chi connectivity index (χ1) is 6.20. The Morgan fingerprint density at radius 1 is 1.54 bits per heavy atom. The number of hydrogen-bond donors (Lipinski definition) is 2. The van der Waals surface area contributed by atoms with Gasteiger partial charge in [0.05, 0.1) is 22.3 Å². The van der Waals surface area contributed by atoms with Crippen LogP contribution in [0.2, 0.25) is 5.28 Å². The Labute approximate surface area is 78.9 Å². The molecule has 2 aromatic rings. The molecule has 2 rings (SSSR count). The van der Waals surface area contributed by atoms with Gasteiger partial charge in [-0.25, -0.2) is 4.98 Å². The molecule has 0 bridgehead atoms. The van der Waals surface area contributed by atoms with Crippen LogP contribution in [0.5, 0.6) is 0 Å². The molecule has 1 aromatic heterocycles. The number of aromatic nitrogens is 2. The first-order valence-corrected chi connectivity index (χ1v) is 3.93. The predicted octanol–water partition coefficient (Wildman–Crippen LogP) is 1.67. The molecule has 0 saturated heterocycles. The molecule has 4 nitrogen and oxygen atoms in total. The molecule has 0 aliphatic carbocycles. The average molecular weight is 193 g/mol. The van der Waals surface area contributed by atoms with Crippen molar-refractivity contribution in [2.45, 2.75) is 0 Å². The largest absolute Gasteiger partial charge is 0.398 e. The highest BCUT2D eigenvalue weighted by atomic mass is 35.5. The van der Waals surface area contributed by atoms with Crippen LogP contribution < -0.4 is 5.73 Å². The Kier molecular flexibility index (Phi) is 1.61. The summed E-state index contributed by atoms with van der Waals surface area (Å²) in [7, 11) is 0. The average Bonchev–Trinajstić information content (AvgIpc) is 2.42. The third kappa shape index (κ3) is 1.19. The van der Waals surface area contributed by atoms with Gasteiger partial charge in [0.2, 0.25) is 5.28 Å². The maximum atomic E-state index is 8.69. The van der Waals surface area contributed by atoms with Crippen molar-refractivity contribution in [3.63, 3.8) is 0 Å². The number of anilines is 1. The lowest BCUT2D eigenvalue weighted by atomic mass is 10.2. The maximum absolute atomic E-state index is 8.69. The zero-order valence-corrected chi connectivity index (χ0v) is 7.26. The monoisotopic (exact) mass is 192 g/mol. The van der Waals surface area contributed by atoms with E-state index in [1.807, 2.05) is 6.07 Å². The molecule has 0 saturated carbocycles. The fourth-order valence-corrected chi connectivity index (χ4v) is 1.33. The molecule has 3 N–H and O–H groups in total. The summed E-state index contributed by atoms with van der Waals surface area (Å²) in [6.07, 6.45) is 0. The fourth-order valence-electron chi connectivity index (χ4n) is 1.14. The van der Waals surface area contributed by atoms with E-state index in [1.54, 1.807) is 12.1 Å². The van der Waals surface area contributed by atoms with Gasteiger partial charge in [-0.1, -0.05) is 0 Å². The molecule has 5 heteroatoms. The SMILES string of the molecule is N#Cc1cc2[nH]c(Cl)nc2cc1N. The van der Waals surface area contributed by atoms with Gasteiger partial charge < -0.3 is 10.7 Å². The number of rotatable bonds is 0. The zero-order valence-electron chi connectivity index (χ0n) is 6.50. The maximum Gasteiger partial charge on any atom is 0.201 e. The third-order valence-corrected chi connectivity index (χ3v) is 1.92. The number of fused-ring (bicyclic) bond motifs is 1. The minimum Gasteiger partial charge on any atom is -0.398 e. The third-order valence-electron chi connectivity index (χ3n) is 1.74. The first-order valence-electron chi connectivity index (χ1n) is 3.55. The van der Waals surface area contributed by atoms with Crippen molar-refractivity contribution in [2.24, 2.45) is 0 Å². The molecule has 0 atom stereocenters. The van der Waals surface area contributed by atoms with Crippen molar-refractivity contribution in [2.75, 3.05) is 5.73 Å². The number of halogens is 1. The van der Waals surface area contributed by atoms with Gasteiger partial charge in [0.15, 0.2) is 0 Å². The van der Waals surface area contributed by atoms with Crippen LogP contribution >= 0.6 is 11.6 Å². The summed E-state index contributed by atoms with van der Waals surface area (Å²) in [6.45, 7) is 0. The number of nitrogens with zero attached hydrogens (tertiary/aromatic N) is 2. The smallest absolute Gasteiger partial charge is 0.201 e. The Bertz CT molecular complexity index is 509. The summed E-state index contributed by atoms with van der Waals surface area (Å²) in [5.74, 6) is 0. The van der Waals surface area contributed by atoms with E-state index in [0.29, 0.717) is 22.1 Å². The number of nitrogens with two attached hydrogens (primary N) is 1. The van der Waals surface area contributed by atoms with E-state index in [2.05, 4.69) is 9.97 Å². The van der Waals surface area contributed by atoms with Crippen molar-refractivity contribution in [1.82, 2.24) is 9.97 Å².